The molecule has 37 heavy (non-hydrogen) atoms. The quantitative estimate of drug-likeness (QED) is 0.317. The molecule has 0 saturated heterocycles. The molecule has 4 heteroatoms. The van der Waals surface area contributed by atoms with Gasteiger partial charge in [-0.1, -0.05) is 52.5 Å². The summed E-state index contributed by atoms with van der Waals surface area (Å²) in [5.41, 5.74) is 0.888. The molecule has 5 aliphatic rings. The van der Waals surface area contributed by atoms with E-state index < -0.39 is 11.5 Å². The van der Waals surface area contributed by atoms with E-state index in [0.717, 1.165) is 57.8 Å². The van der Waals surface area contributed by atoms with Crippen LogP contribution in [0.3, 0.4) is 0 Å². The molecule has 2 N–H and O–H groups in total. The highest BCUT2D eigenvalue weighted by atomic mass is 16.5. The third-order valence-electron chi connectivity index (χ3n) is 13.9. The van der Waals surface area contributed by atoms with Gasteiger partial charge >= 0.3 is 5.97 Å². The van der Waals surface area contributed by atoms with E-state index in [9.17, 15) is 15.0 Å². The largest absolute Gasteiger partial charge is 0.461 e. The number of rotatable bonds is 5. The lowest BCUT2D eigenvalue weighted by molar-refractivity contribution is -0.254. The van der Waals surface area contributed by atoms with Crippen molar-refractivity contribution in [2.24, 2.45) is 56.7 Å². The standard InChI is InChI=1S/C33H52O4/c1-8-19-37-28(36)33-16-11-22(21(2)3)27(33)23-9-10-25-29(4)14-13-26(35)30(5,20-34)24(29)12-15-32(25,7)31(23,6)17-18-33/h8,22-27,34-35H,1-2,9-20H2,3-7H3/t22-,23?,24?,25?,26-,27?,29-,30-,31+,32+,33-/m0/s1. The highest BCUT2D eigenvalue weighted by molar-refractivity contribution is 5.78. The highest BCUT2D eigenvalue weighted by Gasteiger charge is 2.72. The van der Waals surface area contributed by atoms with Crippen LogP contribution in [0.4, 0.5) is 0 Å². The first-order valence-electron chi connectivity index (χ1n) is 15.1. The van der Waals surface area contributed by atoms with Gasteiger partial charge in [-0.3, -0.25) is 4.79 Å². The molecule has 0 aliphatic heterocycles. The predicted molar refractivity (Wildman–Crippen MR) is 148 cm³/mol. The van der Waals surface area contributed by atoms with Crippen LogP contribution in [0.2, 0.25) is 0 Å². The molecule has 0 bridgehead atoms. The minimum Gasteiger partial charge on any atom is -0.461 e. The van der Waals surface area contributed by atoms with Gasteiger partial charge in [0.2, 0.25) is 0 Å². The SMILES string of the molecule is C=CCOC(=O)[C@]12CC[C@@H](C(=C)C)C1C1CCC3[C@@]4(C)CC[C@H](O)[C@@](C)(CO)C4CC[C@@]3(C)[C@]1(C)CC2. The third kappa shape index (κ3) is 3.43. The second kappa shape index (κ2) is 8.95. The average molecular weight is 513 g/mol. The van der Waals surface area contributed by atoms with Crippen molar-refractivity contribution in [1.82, 2.24) is 0 Å². The molecule has 0 spiro atoms. The van der Waals surface area contributed by atoms with E-state index in [2.05, 4.69) is 47.8 Å². The number of hydrogen-bond acceptors (Lipinski definition) is 4. The fourth-order valence-corrected chi connectivity index (χ4v) is 11.8. The molecule has 5 aliphatic carbocycles. The molecule has 0 aromatic carbocycles. The molecule has 11 atom stereocenters. The zero-order valence-electron chi connectivity index (χ0n) is 24.2. The fraction of sp³-hybridized carbons (Fsp3) is 0.848. The summed E-state index contributed by atoms with van der Waals surface area (Å²) in [5, 5.41) is 21.5. The van der Waals surface area contributed by atoms with Gasteiger partial charge in [-0.05, 0) is 117 Å². The van der Waals surface area contributed by atoms with Gasteiger partial charge < -0.3 is 14.9 Å². The summed E-state index contributed by atoms with van der Waals surface area (Å²) < 4.78 is 5.81. The lowest BCUT2D eigenvalue weighted by Crippen LogP contribution is -2.67. The van der Waals surface area contributed by atoms with Crippen molar-refractivity contribution in [1.29, 1.82) is 0 Å². The Hall–Kier alpha value is -1.13. The molecule has 0 radical (unpaired) electrons. The molecular weight excluding hydrogens is 460 g/mol. The van der Waals surface area contributed by atoms with E-state index in [1.165, 1.54) is 12.0 Å². The Bertz CT molecular complexity index is 958. The molecule has 5 fully saturated rings. The molecule has 5 saturated carbocycles. The van der Waals surface area contributed by atoms with Gasteiger partial charge in [-0.25, -0.2) is 0 Å². The maximum Gasteiger partial charge on any atom is 0.312 e. The van der Waals surface area contributed by atoms with Gasteiger partial charge in [0.25, 0.3) is 0 Å². The van der Waals surface area contributed by atoms with E-state index >= 15 is 0 Å². The number of aliphatic hydroxyl groups is 2. The van der Waals surface area contributed by atoms with Crippen LogP contribution in [-0.2, 0) is 9.53 Å². The van der Waals surface area contributed by atoms with Crippen molar-refractivity contribution >= 4 is 5.97 Å². The van der Waals surface area contributed by atoms with E-state index in [-0.39, 0.29) is 34.2 Å². The minimum absolute atomic E-state index is 0.00567. The monoisotopic (exact) mass is 512 g/mol. The Morgan fingerprint density at radius 3 is 2.32 bits per heavy atom. The number of hydrogen-bond donors (Lipinski definition) is 2. The normalized spacial score (nSPS) is 52.7. The van der Waals surface area contributed by atoms with Gasteiger partial charge in [0.05, 0.1) is 18.1 Å². The van der Waals surface area contributed by atoms with E-state index in [0.29, 0.717) is 36.2 Å². The second-order valence-corrected chi connectivity index (χ2v) is 14.9. The summed E-state index contributed by atoms with van der Waals surface area (Å²) in [6.45, 7) is 20.5. The number of carbonyl (C=O) groups is 1. The van der Waals surface area contributed by atoms with Crippen LogP contribution >= 0.6 is 0 Å². The molecule has 5 rings (SSSR count). The zero-order valence-corrected chi connectivity index (χ0v) is 24.2. The molecule has 4 nitrogen and oxygen atoms in total. The number of ether oxygens (including phenoxy) is 1. The first kappa shape index (κ1) is 27.4. The number of allylic oxidation sites excluding steroid dienone is 1. The number of aliphatic hydroxyl groups excluding tert-OH is 2. The summed E-state index contributed by atoms with van der Waals surface area (Å²) >= 11 is 0. The Morgan fingerprint density at radius 1 is 0.946 bits per heavy atom. The molecule has 208 valence electrons. The molecule has 0 aromatic heterocycles. The fourth-order valence-electron chi connectivity index (χ4n) is 11.8. The maximum atomic E-state index is 13.7. The Balaban J connectivity index is 1.54. The van der Waals surface area contributed by atoms with Crippen LogP contribution in [0.15, 0.2) is 24.8 Å². The van der Waals surface area contributed by atoms with Gasteiger partial charge in [0, 0.05) is 5.41 Å². The van der Waals surface area contributed by atoms with Crippen molar-refractivity contribution in [3.63, 3.8) is 0 Å². The van der Waals surface area contributed by atoms with Crippen molar-refractivity contribution in [2.45, 2.75) is 105 Å². The molecule has 0 amide bonds. The number of esters is 1. The molecule has 4 unspecified atom stereocenters. The van der Waals surface area contributed by atoms with E-state index in [1.807, 2.05) is 0 Å². The second-order valence-electron chi connectivity index (χ2n) is 14.9. The maximum absolute atomic E-state index is 13.7. The zero-order chi connectivity index (χ0) is 27.0. The van der Waals surface area contributed by atoms with Crippen LogP contribution in [-0.4, -0.2) is 35.5 Å². The Labute approximate surface area is 225 Å². The minimum atomic E-state index is -0.418. The van der Waals surface area contributed by atoms with Crippen LogP contribution < -0.4 is 0 Å². The number of carbonyl (C=O) groups excluding carboxylic acids is 1. The number of fused-ring (bicyclic) bond motifs is 7. The van der Waals surface area contributed by atoms with Crippen molar-refractivity contribution < 1.29 is 19.7 Å². The lowest BCUT2D eigenvalue weighted by Gasteiger charge is -2.72. The van der Waals surface area contributed by atoms with Crippen molar-refractivity contribution in [3.05, 3.63) is 24.8 Å². The van der Waals surface area contributed by atoms with Gasteiger partial charge in [-0.15, -0.1) is 0 Å². The summed E-state index contributed by atoms with van der Waals surface area (Å²) in [5.74, 6) is 2.10. The van der Waals surface area contributed by atoms with Crippen LogP contribution in [0.5, 0.6) is 0 Å². The summed E-state index contributed by atoms with van der Waals surface area (Å²) in [7, 11) is 0. The van der Waals surface area contributed by atoms with Crippen molar-refractivity contribution in [2.75, 3.05) is 13.2 Å². The summed E-state index contributed by atoms with van der Waals surface area (Å²) in [6, 6.07) is 0. The Kier molecular flexibility index (Phi) is 6.63. The third-order valence-corrected chi connectivity index (χ3v) is 13.9. The topological polar surface area (TPSA) is 66.8 Å². The van der Waals surface area contributed by atoms with Gasteiger partial charge in [-0.2, -0.15) is 0 Å². The molecule has 0 aromatic rings. The van der Waals surface area contributed by atoms with Crippen LogP contribution in [0, 0.1) is 56.7 Å². The van der Waals surface area contributed by atoms with Crippen LogP contribution in [0.1, 0.15) is 98.8 Å². The molecular formula is C33H52O4. The van der Waals surface area contributed by atoms with Crippen molar-refractivity contribution in [3.8, 4) is 0 Å². The predicted octanol–water partition coefficient (Wildman–Crippen LogP) is 6.71. The van der Waals surface area contributed by atoms with Gasteiger partial charge in [0.1, 0.15) is 6.61 Å². The van der Waals surface area contributed by atoms with Crippen LogP contribution in [0.25, 0.3) is 0 Å². The Morgan fingerprint density at radius 2 is 1.68 bits per heavy atom. The van der Waals surface area contributed by atoms with E-state index in [1.54, 1.807) is 6.08 Å². The smallest absolute Gasteiger partial charge is 0.312 e. The average Bonchev–Trinajstić information content (AvgIpc) is 3.27. The molecule has 0 heterocycles. The first-order valence-corrected chi connectivity index (χ1v) is 15.1. The first-order chi connectivity index (χ1) is 17.4. The van der Waals surface area contributed by atoms with Gasteiger partial charge in [0.15, 0.2) is 0 Å². The lowest BCUT2D eigenvalue weighted by atomic mass is 9.32. The summed E-state index contributed by atoms with van der Waals surface area (Å²) in [6.07, 6.45) is 11.6. The highest BCUT2D eigenvalue weighted by Crippen LogP contribution is 2.77. The summed E-state index contributed by atoms with van der Waals surface area (Å²) in [4.78, 5) is 13.7. The van der Waals surface area contributed by atoms with E-state index in [4.69, 9.17) is 4.74 Å².